The number of ether oxygens (including phenoxy) is 2. The van der Waals surface area contributed by atoms with Crippen molar-refractivity contribution in [2.45, 2.75) is 26.4 Å². The van der Waals surface area contributed by atoms with E-state index in [4.69, 9.17) is 15.2 Å². The molecule has 0 aromatic heterocycles. The van der Waals surface area contributed by atoms with Gasteiger partial charge in [-0.1, -0.05) is 0 Å². The third-order valence-corrected chi connectivity index (χ3v) is 2.76. The van der Waals surface area contributed by atoms with Crippen molar-refractivity contribution >= 4 is 5.69 Å². The monoisotopic (exact) mass is 207 g/mol. The lowest BCUT2D eigenvalue weighted by Gasteiger charge is -2.14. The minimum atomic E-state index is 0.201. The van der Waals surface area contributed by atoms with Crippen LogP contribution in [0.1, 0.15) is 17.5 Å². The number of hydrogen-bond acceptors (Lipinski definition) is 3. The summed E-state index contributed by atoms with van der Waals surface area (Å²) in [7, 11) is 0. The highest BCUT2D eigenvalue weighted by Crippen LogP contribution is 2.25. The molecule has 0 spiro atoms. The van der Waals surface area contributed by atoms with Gasteiger partial charge in [0.15, 0.2) is 0 Å². The van der Waals surface area contributed by atoms with Crippen LogP contribution in [0, 0.1) is 13.8 Å². The molecule has 0 amide bonds. The predicted molar refractivity (Wildman–Crippen MR) is 60.2 cm³/mol. The Kier molecular flexibility index (Phi) is 2.82. The van der Waals surface area contributed by atoms with Crippen molar-refractivity contribution in [3.8, 4) is 5.75 Å². The zero-order valence-electron chi connectivity index (χ0n) is 9.25. The maximum atomic E-state index is 5.88. The Bertz CT molecular complexity index is 334. The first-order valence-electron chi connectivity index (χ1n) is 5.28. The van der Waals surface area contributed by atoms with Crippen LogP contribution in [0.5, 0.6) is 5.75 Å². The van der Waals surface area contributed by atoms with Crippen molar-refractivity contribution in [3.05, 3.63) is 23.3 Å². The van der Waals surface area contributed by atoms with E-state index < -0.39 is 0 Å². The Morgan fingerprint density at radius 3 is 2.53 bits per heavy atom. The molecule has 0 aliphatic carbocycles. The molecule has 1 aliphatic heterocycles. The Balaban J connectivity index is 2.14. The molecule has 15 heavy (non-hydrogen) atoms. The Morgan fingerprint density at radius 1 is 1.33 bits per heavy atom. The fraction of sp³-hybridized carbons (Fsp3) is 0.500. The summed E-state index contributed by atoms with van der Waals surface area (Å²) >= 11 is 0. The zero-order chi connectivity index (χ0) is 10.8. The maximum absolute atomic E-state index is 5.88. The van der Waals surface area contributed by atoms with E-state index in [2.05, 4.69) is 0 Å². The number of aryl methyl sites for hydroxylation is 2. The Labute approximate surface area is 90.2 Å². The fourth-order valence-electron chi connectivity index (χ4n) is 1.80. The van der Waals surface area contributed by atoms with E-state index in [1.54, 1.807) is 0 Å². The van der Waals surface area contributed by atoms with E-state index in [-0.39, 0.29) is 6.10 Å². The molecule has 1 aromatic rings. The van der Waals surface area contributed by atoms with Gasteiger partial charge in [-0.3, -0.25) is 0 Å². The number of anilines is 1. The van der Waals surface area contributed by atoms with Gasteiger partial charge >= 0.3 is 0 Å². The van der Waals surface area contributed by atoms with Gasteiger partial charge in [0.1, 0.15) is 11.9 Å². The van der Waals surface area contributed by atoms with Crippen LogP contribution in [0.4, 0.5) is 5.69 Å². The summed E-state index contributed by atoms with van der Waals surface area (Å²) in [6.45, 7) is 5.50. The average molecular weight is 207 g/mol. The number of rotatable bonds is 2. The molecular weight excluding hydrogens is 190 g/mol. The highest BCUT2D eigenvalue weighted by molar-refractivity contribution is 5.56. The Morgan fingerprint density at radius 2 is 2.00 bits per heavy atom. The van der Waals surface area contributed by atoms with Crippen molar-refractivity contribution in [1.29, 1.82) is 0 Å². The number of nitrogens with two attached hydrogens (primary N) is 1. The summed E-state index contributed by atoms with van der Waals surface area (Å²) in [5.74, 6) is 0.898. The molecule has 1 atom stereocenters. The molecule has 3 heteroatoms. The van der Waals surface area contributed by atoms with Gasteiger partial charge in [-0.2, -0.15) is 0 Å². The number of nitrogen functional groups attached to an aromatic ring is 1. The molecule has 1 aliphatic rings. The second kappa shape index (κ2) is 4.11. The molecule has 2 N–H and O–H groups in total. The van der Waals surface area contributed by atoms with Gasteiger partial charge < -0.3 is 15.2 Å². The van der Waals surface area contributed by atoms with Gasteiger partial charge in [0.25, 0.3) is 0 Å². The summed E-state index contributed by atoms with van der Waals surface area (Å²) in [5, 5.41) is 0. The zero-order valence-corrected chi connectivity index (χ0v) is 9.25. The van der Waals surface area contributed by atoms with Crippen molar-refractivity contribution in [3.63, 3.8) is 0 Å². The summed E-state index contributed by atoms with van der Waals surface area (Å²) < 4.78 is 11.1. The van der Waals surface area contributed by atoms with Crippen LogP contribution in [0.25, 0.3) is 0 Å². The molecule has 0 radical (unpaired) electrons. The molecule has 3 nitrogen and oxygen atoms in total. The van der Waals surface area contributed by atoms with E-state index in [1.807, 2.05) is 26.0 Å². The summed E-state index contributed by atoms with van der Waals surface area (Å²) in [6.07, 6.45) is 1.18. The third-order valence-electron chi connectivity index (χ3n) is 2.76. The van der Waals surface area contributed by atoms with Crippen LogP contribution < -0.4 is 10.5 Å². The van der Waals surface area contributed by atoms with Crippen molar-refractivity contribution in [2.75, 3.05) is 18.9 Å². The largest absolute Gasteiger partial charge is 0.488 e. The van der Waals surface area contributed by atoms with Crippen LogP contribution in [0.2, 0.25) is 0 Å². The summed E-state index contributed by atoms with van der Waals surface area (Å²) in [6, 6.07) is 3.97. The topological polar surface area (TPSA) is 44.5 Å². The van der Waals surface area contributed by atoms with Gasteiger partial charge in [0, 0.05) is 12.1 Å². The van der Waals surface area contributed by atoms with E-state index >= 15 is 0 Å². The quantitative estimate of drug-likeness (QED) is 0.755. The molecule has 0 bridgehead atoms. The highest BCUT2D eigenvalue weighted by atomic mass is 16.5. The van der Waals surface area contributed by atoms with Gasteiger partial charge in [0.2, 0.25) is 0 Å². The SMILES string of the molecule is Cc1cc(O[C@H]2CCOC2)cc(C)c1N. The van der Waals surface area contributed by atoms with Crippen LogP contribution in [0.3, 0.4) is 0 Å². The van der Waals surface area contributed by atoms with E-state index in [0.29, 0.717) is 6.61 Å². The molecule has 2 rings (SSSR count). The van der Waals surface area contributed by atoms with E-state index in [9.17, 15) is 0 Å². The first-order chi connectivity index (χ1) is 7.16. The van der Waals surface area contributed by atoms with Crippen LogP contribution >= 0.6 is 0 Å². The lowest BCUT2D eigenvalue weighted by atomic mass is 10.1. The van der Waals surface area contributed by atoms with Gasteiger partial charge in [-0.25, -0.2) is 0 Å². The van der Waals surface area contributed by atoms with E-state index in [0.717, 1.165) is 35.6 Å². The number of hydrogen-bond donors (Lipinski definition) is 1. The van der Waals surface area contributed by atoms with E-state index in [1.165, 1.54) is 0 Å². The van der Waals surface area contributed by atoms with Crippen LogP contribution in [-0.4, -0.2) is 19.3 Å². The Hall–Kier alpha value is -1.22. The molecule has 82 valence electrons. The van der Waals surface area contributed by atoms with Crippen molar-refractivity contribution in [2.24, 2.45) is 0 Å². The van der Waals surface area contributed by atoms with Gasteiger partial charge in [-0.05, 0) is 37.1 Å². The molecular formula is C12H17NO2. The van der Waals surface area contributed by atoms with Crippen molar-refractivity contribution < 1.29 is 9.47 Å². The molecule has 0 saturated carbocycles. The lowest BCUT2D eigenvalue weighted by Crippen LogP contribution is -2.15. The first kappa shape index (κ1) is 10.3. The fourth-order valence-corrected chi connectivity index (χ4v) is 1.80. The molecule has 1 heterocycles. The highest BCUT2D eigenvalue weighted by Gasteiger charge is 2.17. The standard InChI is InChI=1S/C12H17NO2/c1-8-5-11(6-9(2)12(8)13)15-10-3-4-14-7-10/h5-6,10H,3-4,7,13H2,1-2H3/t10-/m0/s1. The summed E-state index contributed by atoms with van der Waals surface area (Å²) in [5.41, 5.74) is 8.88. The second-order valence-electron chi connectivity index (χ2n) is 4.07. The predicted octanol–water partition coefficient (Wildman–Crippen LogP) is 2.05. The second-order valence-corrected chi connectivity index (χ2v) is 4.07. The van der Waals surface area contributed by atoms with Crippen LogP contribution in [-0.2, 0) is 4.74 Å². The van der Waals surface area contributed by atoms with Crippen molar-refractivity contribution in [1.82, 2.24) is 0 Å². The molecule has 1 saturated heterocycles. The van der Waals surface area contributed by atoms with Gasteiger partial charge in [-0.15, -0.1) is 0 Å². The maximum Gasteiger partial charge on any atom is 0.124 e. The molecule has 0 unspecified atom stereocenters. The minimum absolute atomic E-state index is 0.201. The normalized spacial score (nSPS) is 20.5. The molecule has 1 aromatic carbocycles. The third kappa shape index (κ3) is 2.23. The van der Waals surface area contributed by atoms with Crippen LogP contribution in [0.15, 0.2) is 12.1 Å². The number of benzene rings is 1. The molecule has 1 fully saturated rings. The summed E-state index contributed by atoms with van der Waals surface area (Å²) in [4.78, 5) is 0. The lowest BCUT2D eigenvalue weighted by molar-refractivity contribution is 0.141. The minimum Gasteiger partial charge on any atom is -0.488 e. The van der Waals surface area contributed by atoms with Gasteiger partial charge in [0.05, 0.1) is 13.2 Å². The smallest absolute Gasteiger partial charge is 0.124 e. The first-order valence-corrected chi connectivity index (χ1v) is 5.28. The average Bonchev–Trinajstić information content (AvgIpc) is 2.66.